The highest BCUT2D eigenvalue weighted by Crippen LogP contribution is 2.55. The highest BCUT2D eigenvalue weighted by atomic mass is 19.1. The normalized spacial score (nSPS) is 34.0. The summed E-state index contributed by atoms with van der Waals surface area (Å²) in [5.74, 6) is -1.06. The number of halogens is 1. The van der Waals surface area contributed by atoms with Crippen molar-refractivity contribution in [2.24, 2.45) is 29.1 Å². The van der Waals surface area contributed by atoms with E-state index < -0.39 is 11.9 Å². The monoisotopic (exact) mass is 432 g/mol. The molecule has 2 aliphatic carbocycles. The third-order valence-corrected chi connectivity index (χ3v) is 7.78. The van der Waals surface area contributed by atoms with E-state index >= 15 is 0 Å². The lowest BCUT2D eigenvalue weighted by atomic mass is 9.51. The van der Waals surface area contributed by atoms with Crippen LogP contribution in [0.2, 0.25) is 0 Å². The summed E-state index contributed by atoms with van der Waals surface area (Å²) in [5, 5.41) is 17.5. The van der Waals surface area contributed by atoms with Crippen LogP contribution < -0.4 is 10.6 Å². The molecule has 1 aromatic rings. The number of hydrogen-bond donors (Lipinski definition) is 3. The minimum atomic E-state index is -0.601. The first-order valence-corrected chi connectivity index (χ1v) is 11.6. The molecule has 6 heteroatoms. The van der Waals surface area contributed by atoms with Gasteiger partial charge in [0.1, 0.15) is 5.82 Å². The summed E-state index contributed by atoms with van der Waals surface area (Å²) in [5.41, 5.74) is 0.297. The molecule has 2 fully saturated rings. The van der Waals surface area contributed by atoms with E-state index in [-0.39, 0.29) is 53.0 Å². The van der Waals surface area contributed by atoms with Crippen molar-refractivity contribution in [1.82, 2.24) is 10.6 Å². The molecule has 5 nitrogen and oxygen atoms in total. The zero-order valence-corrected chi connectivity index (χ0v) is 19.3. The minimum absolute atomic E-state index is 0.00731. The van der Waals surface area contributed by atoms with Gasteiger partial charge in [0.15, 0.2) is 0 Å². The van der Waals surface area contributed by atoms with Crippen LogP contribution in [0.4, 0.5) is 4.39 Å². The SMILES string of the molecule is CC(C)NC(=O)[C@@H](C)C1CC[C@@]2(C)CC[C@H](NC(=O)c3cccc(F)c3)[C@@H](C)[C@@H]2[C@H]1O. The van der Waals surface area contributed by atoms with E-state index in [1.54, 1.807) is 6.07 Å². The molecule has 0 spiro atoms. The van der Waals surface area contributed by atoms with Gasteiger partial charge >= 0.3 is 0 Å². The second-order valence-corrected chi connectivity index (χ2v) is 10.3. The van der Waals surface area contributed by atoms with Crippen LogP contribution in [0, 0.1) is 34.9 Å². The van der Waals surface area contributed by atoms with Crippen molar-refractivity contribution in [3.8, 4) is 0 Å². The fraction of sp³-hybridized carbons (Fsp3) is 0.680. The van der Waals surface area contributed by atoms with Crippen LogP contribution in [0.15, 0.2) is 24.3 Å². The maximum absolute atomic E-state index is 13.5. The van der Waals surface area contributed by atoms with Gasteiger partial charge in [0, 0.05) is 23.6 Å². The number of benzene rings is 1. The highest BCUT2D eigenvalue weighted by Gasteiger charge is 2.53. The molecular weight excluding hydrogens is 395 g/mol. The third kappa shape index (κ3) is 4.94. The first-order chi connectivity index (χ1) is 14.5. The molecule has 3 rings (SSSR count). The number of hydrogen-bond acceptors (Lipinski definition) is 3. The summed E-state index contributed by atoms with van der Waals surface area (Å²) in [6.45, 7) is 10.1. The van der Waals surface area contributed by atoms with Crippen molar-refractivity contribution >= 4 is 11.8 Å². The Morgan fingerprint density at radius 3 is 2.52 bits per heavy atom. The van der Waals surface area contributed by atoms with Gasteiger partial charge in [-0.2, -0.15) is 0 Å². The molecule has 1 unspecified atom stereocenters. The van der Waals surface area contributed by atoms with Crippen LogP contribution in [0.5, 0.6) is 0 Å². The number of carbonyl (C=O) groups excluding carboxylic acids is 2. The van der Waals surface area contributed by atoms with Crippen LogP contribution in [0.3, 0.4) is 0 Å². The van der Waals surface area contributed by atoms with E-state index in [9.17, 15) is 19.1 Å². The fourth-order valence-electron chi connectivity index (χ4n) is 5.99. The Balaban J connectivity index is 1.74. The maximum atomic E-state index is 13.5. The van der Waals surface area contributed by atoms with Crippen molar-refractivity contribution in [1.29, 1.82) is 0 Å². The molecule has 0 radical (unpaired) electrons. The summed E-state index contributed by atoms with van der Waals surface area (Å²) in [6, 6.07) is 5.67. The summed E-state index contributed by atoms with van der Waals surface area (Å²) in [7, 11) is 0. The Labute approximate surface area is 185 Å². The van der Waals surface area contributed by atoms with Gasteiger partial charge in [-0.15, -0.1) is 0 Å². The van der Waals surface area contributed by atoms with Crippen molar-refractivity contribution < 1.29 is 19.1 Å². The molecule has 0 saturated heterocycles. The molecule has 0 bridgehead atoms. The molecule has 3 N–H and O–H groups in total. The van der Waals surface area contributed by atoms with Crippen molar-refractivity contribution in [3.05, 3.63) is 35.6 Å². The second-order valence-electron chi connectivity index (χ2n) is 10.3. The third-order valence-electron chi connectivity index (χ3n) is 7.78. The van der Waals surface area contributed by atoms with E-state index in [0.29, 0.717) is 5.56 Å². The summed E-state index contributed by atoms with van der Waals surface area (Å²) < 4.78 is 13.5. The lowest BCUT2D eigenvalue weighted by Gasteiger charge is -2.56. The highest BCUT2D eigenvalue weighted by molar-refractivity contribution is 5.94. The van der Waals surface area contributed by atoms with E-state index in [1.165, 1.54) is 18.2 Å². The smallest absolute Gasteiger partial charge is 0.251 e. The Kier molecular flexibility index (Phi) is 7.09. The van der Waals surface area contributed by atoms with Gasteiger partial charge in [0.05, 0.1) is 6.10 Å². The second kappa shape index (κ2) is 9.27. The number of aliphatic hydroxyl groups is 1. The largest absolute Gasteiger partial charge is 0.392 e. The van der Waals surface area contributed by atoms with Gasteiger partial charge in [0.2, 0.25) is 5.91 Å². The molecule has 0 aromatic heterocycles. The van der Waals surface area contributed by atoms with E-state index in [1.807, 2.05) is 20.8 Å². The van der Waals surface area contributed by atoms with Crippen molar-refractivity contribution in [2.75, 3.05) is 0 Å². The molecule has 2 amide bonds. The average molecular weight is 433 g/mol. The number of amides is 2. The quantitative estimate of drug-likeness (QED) is 0.660. The summed E-state index contributed by atoms with van der Waals surface area (Å²) in [4.78, 5) is 25.3. The fourth-order valence-corrected chi connectivity index (χ4v) is 5.99. The van der Waals surface area contributed by atoms with E-state index in [0.717, 1.165) is 25.7 Å². The van der Waals surface area contributed by atoms with Gasteiger partial charge < -0.3 is 15.7 Å². The molecule has 0 aliphatic heterocycles. The Morgan fingerprint density at radius 2 is 1.87 bits per heavy atom. The summed E-state index contributed by atoms with van der Waals surface area (Å²) >= 11 is 0. The zero-order valence-electron chi connectivity index (χ0n) is 19.3. The minimum Gasteiger partial charge on any atom is -0.392 e. The number of carbonyl (C=O) groups is 2. The lowest BCUT2D eigenvalue weighted by Crippen LogP contribution is -2.58. The molecular formula is C25H37FN2O3. The molecule has 172 valence electrons. The van der Waals surface area contributed by atoms with Crippen molar-refractivity contribution in [3.63, 3.8) is 0 Å². The van der Waals surface area contributed by atoms with Crippen LogP contribution in [0.25, 0.3) is 0 Å². The molecule has 1 aromatic carbocycles. The molecule has 7 atom stereocenters. The first kappa shape index (κ1) is 23.7. The van der Waals surface area contributed by atoms with Crippen molar-refractivity contribution in [2.45, 2.75) is 78.5 Å². The van der Waals surface area contributed by atoms with Gasteiger partial charge in [-0.3, -0.25) is 9.59 Å². The first-order valence-electron chi connectivity index (χ1n) is 11.6. The standard InChI is InChI=1S/C25H37FN2O3/c1-14(2)27-23(30)15(3)19-9-11-25(5)12-10-20(16(4)21(25)22(19)29)28-24(31)17-7-6-8-18(26)13-17/h6-8,13-16,19-22,29H,9-12H2,1-5H3,(H,27,30)(H,28,31)/t15-,16+,19?,20-,21+,22-,25-/m0/s1. The topological polar surface area (TPSA) is 78.4 Å². The van der Waals surface area contributed by atoms with E-state index in [2.05, 4.69) is 24.5 Å². The zero-order chi connectivity index (χ0) is 22.9. The molecule has 2 saturated carbocycles. The Hall–Kier alpha value is -1.95. The van der Waals surface area contributed by atoms with Crippen LogP contribution in [0.1, 0.15) is 70.7 Å². The van der Waals surface area contributed by atoms with Gasteiger partial charge in [0.25, 0.3) is 5.91 Å². The predicted octanol–water partition coefficient (Wildman–Crippen LogP) is 3.91. The van der Waals surface area contributed by atoms with Gasteiger partial charge in [-0.1, -0.05) is 26.8 Å². The molecule has 0 heterocycles. The Morgan fingerprint density at radius 1 is 1.19 bits per heavy atom. The number of aliphatic hydroxyl groups excluding tert-OH is 1. The number of fused-ring (bicyclic) bond motifs is 1. The van der Waals surface area contributed by atoms with Crippen LogP contribution in [-0.2, 0) is 4.79 Å². The predicted molar refractivity (Wildman–Crippen MR) is 119 cm³/mol. The maximum Gasteiger partial charge on any atom is 0.251 e. The lowest BCUT2D eigenvalue weighted by molar-refractivity contribution is -0.142. The van der Waals surface area contributed by atoms with Crippen LogP contribution in [-0.4, -0.2) is 35.1 Å². The molecule has 31 heavy (non-hydrogen) atoms. The van der Waals surface area contributed by atoms with Gasteiger partial charge in [-0.25, -0.2) is 4.39 Å². The van der Waals surface area contributed by atoms with Crippen LogP contribution >= 0.6 is 0 Å². The molecule has 2 aliphatic rings. The van der Waals surface area contributed by atoms with E-state index in [4.69, 9.17) is 0 Å². The average Bonchev–Trinajstić information content (AvgIpc) is 2.69. The Bertz CT molecular complexity index is 814. The number of nitrogens with one attached hydrogen (secondary N) is 2. The van der Waals surface area contributed by atoms with Gasteiger partial charge in [-0.05, 0) is 80.9 Å². The number of rotatable bonds is 5. The summed E-state index contributed by atoms with van der Waals surface area (Å²) in [6.07, 6.45) is 2.93.